The number of rotatable bonds is 4. The van der Waals surface area contributed by atoms with E-state index in [1.165, 1.54) is 6.33 Å². The summed E-state index contributed by atoms with van der Waals surface area (Å²) in [6, 6.07) is 5.52. The van der Waals surface area contributed by atoms with Crippen LogP contribution in [0.3, 0.4) is 0 Å². The smallest absolute Gasteiger partial charge is 0.246 e. The maximum Gasteiger partial charge on any atom is 0.246 e. The summed E-state index contributed by atoms with van der Waals surface area (Å²) in [5, 5.41) is 0. The molecule has 1 aliphatic rings. The highest BCUT2D eigenvalue weighted by Crippen LogP contribution is 2.28. The minimum atomic E-state index is -0.949. The van der Waals surface area contributed by atoms with Gasteiger partial charge >= 0.3 is 0 Å². The van der Waals surface area contributed by atoms with Crippen LogP contribution in [-0.4, -0.2) is 51.5 Å². The number of benzene rings is 1. The average Bonchev–Trinajstić information content (AvgIpc) is 3.11. The van der Waals surface area contributed by atoms with Crippen molar-refractivity contribution in [1.82, 2.24) is 19.4 Å². The van der Waals surface area contributed by atoms with Crippen LogP contribution in [0, 0.1) is 17.6 Å². The Balaban J connectivity index is 1.54. The second-order valence-electron chi connectivity index (χ2n) is 7.74. The Morgan fingerprint density at radius 3 is 2.40 bits per heavy atom. The molecule has 0 radical (unpaired) electrons. The molecule has 1 amide bonds. The van der Waals surface area contributed by atoms with Crippen molar-refractivity contribution in [2.24, 2.45) is 5.92 Å². The number of hydrogen-bond acceptors (Lipinski definition) is 4. The van der Waals surface area contributed by atoms with Crippen LogP contribution in [0.5, 0.6) is 0 Å². The van der Waals surface area contributed by atoms with Gasteiger partial charge in [0.2, 0.25) is 5.91 Å². The van der Waals surface area contributed by atoms with Gasteiger partial charge in [-0.05, 0) is 34.0 Å². The van der Waals surface area contributed by atoms with Gasteiger partial charge in [0.05, 0.1) is 17.4 Å². The van der Waals surface area contributed by atoms with Gasteiger partial charge in [-0.25, -0.2) is 18.7 Å². The van der Waals surface area contributed by atoms with E-state index in [1.54, 1.807) is 10.8 Å². The quantitative estimate of drug-likeness (QED) is 0.569. The van der Waals surface area contributed by atoms with Crippen LogP contribution in [0.4, 0.5) is 14.6 Å². The number of hydrogen-bond donors (Lipinski definition) is 0. The first-order valence-corrected chi connectivity index (χ1v) is 10.6. The number of fused-ring (bicyclic) bond motifs is 1. The SMILES string of the molecule is CC(C)C(C(=O)N1CCN(c2ccc(Br)cn2)CC1)n1cnc2cc(F)c(F)cc21. The normalized spacial score (nSPS) is 15.8. The Bertz CT molecular complexity index is 1060. The molecule has 30 heavy (non-hydrogen) atoms. The van der Waals surface area contributed by atoms with Gasteiger partial charge in [-0.3, -0.25) is 4.79 Å². The molecule has 0 N–H and O–H groups in total. The standard InChI is InChI=1S/C21H22BrF2N5O/c1-13(2)20(29-12-26-17-9-15(23)16(24)10-18(17)29)21(30)28-7-5-27(6-8-28)19-4-3-14(22)11-25-19/h3-4,9-13,20H,5-8H2,1-2H3. The van der Waals surface area contributed by atoms with Crippen LogP contribution < -0.4 is 4.90 Å². The van der Waals surface area contributed by atoms with E-state index >= 15 is 0 Å². The molecule has 1 unspecified atom stereocenters. The topological polar surface area (TPSA) is 54.3 Å². The molecule has 4 rings (SSSR count). The summed E-state index contributed by atoms with van der Waals surface area (Å²) in [6.07, 6.45) is 3.25. The monoisotopic (exact) mass is 477 g/mol. The predicted molar refractivity (Wildman–Crippen MR) is 114 cm³/mol. The lowest BCUT2D eigenvalue weighted by molar-refractivity contribution is -0.136. The second-order valence-corrected chi connectivity index (χ2v) is 8.66. The number of piperazine rings is 1. The molecule has 6 nitrogen and oxygen atoms in total. The molecule has 1 fully saturated rings. The van der Waals surface area contributed by atoms with E-state index in [4.69, 9.17) is 0 Å². The lowest BCUT2D eigenvalue weighted by Gasteiger charge is -2.38. The number of carbonyl (C=O) groups excluding carboxylic acids is 1. The Morgan fingerprint density at radius 1 is 1.07 bits per heavy atom. The molecule has 2 aromatic heterocycles. The first-order valence-electron chi connectivity index (χ1n) is 9.82. The third-order valence-corrected chi connectivity index (χ3v) is 5.90. The van der Waals surface area contributed by atoms with Gasteiger partial charge < -0.3 is 14.4 Å². The first kappa shape index (κ1) is 20.7. The van der Waals surface area contributed by atoms with Gasteiger partial charge in [-0.15, -0.1) is 0 Å². The first-order chi connectivity index (χ1) is 14.3. The Kier molecular flexibility index (Phi) is 5.73. The van der Waals surface area contributed by atoms with Gasteiger partial charge in [0, 0.05) is 49.0 Å². The molecule has 1 aliphatic heterocycles. The highest BCUT2D eigenvalue weighted by molar-refractivity contribution is 9.10. The molecule has 0 bridgehead atoms. The Hall–Kier alpha value is -2.55. The molecule has 0 spiro atoms. The van der Waals surface area contributed by atoms with Gasteiger partial charge in [-0.2, -0.15) is 0 Å². The van der Waals surface area contributed by atoms with Crippen molar-refractivity contribution in [3.8, 4) is 0 Å². The van der Waals surface area contributed by atoms with E-state index in [1.807, 2.05) is 30.9 Å². The number of carbonyl (C=O) groups is 1. The van der Waals surface area contributed by atoms with Crippen LogP contribution in [0.1, 0.15) is 19.9 Å². The van der Waals surface area contributed by atoms with Crippen LogP contribution in [0.15, 0.2) is 41.3 Å². The van der Waals surface area contributed by atoms with Crippen molar-refractivity contribution in [3.05, 3.63) is 52.9 Å². The fraction of sp³-hybridized carbons (Fsp3) is 0.381. The van der Waals surface area contributed by atoms with E-state index < -0.39 is 17.7 Å². The van der Waals surface area contributed by atoms with Crippen molar-refractivity contribution < 1.29 is 13.6 Å². The van der Waals surface area contributed by atoms with E-state index in [2.05, 4.69) is 30.8 Å². The van der Waals surface area contributed by atoms with Crippen molar-refractivity contribution >= 4 is 38.7 Å². The number of amides is 1. The van der Waals surface area contributed by atoms with Crippen LogP contribution >= 0.6 is 15.9 Å². The van der Waals surface area contributed by atoms with E-state index in [0.29, 0.717) is 37.2 Å². The zero-order chi connectivity index (χ0) is 21.4. The second kappa shape index (κ2) is 8.29. The average molecular weight is 478 g/mol. The number of imidazole rings is 1. The molecular weight excluding hydrogens is 456 g/mol. The molecular formula is C21H22BrF2N5O. The molecule has 3 aromatic rings. The van der Waals surface area contributed by atoms with Crippen molar-refractivity contribution in [2.75, 3.05) is 31.1 Å². The van der Waals surface area contributed by atoms with Crippen molar-refractivity contribution in [1.29, 1.82) is 0 Å². The Morgan fingerprint density at radius 2 is 1.77 bits per heavy atom. The van der Waals surface area contributed by atoms with E-state index in [0.717, 1.165) is 22.4 Å². The maximum atomic E-state index is 13.8. The number of nitrogens with zero attached hydrogens (tertiary/aromatic N) is 5. The summed E-state index contributed by atoms with van der Waals surface area (Å²) < 4.78 is 30.0. The zero-order valence-electron chi connectivity index (χ0n) is 16.7. The fourth-order valence-corrected chi connectivity index (χ4v) is 4.10. The molecule has 1 saturated heterocycles. The highest BCUT2D eigenvalue weighted by Gasteiger charge is 2.32. The van der Waals surface area contributed by atoms with E-state index in [-0.39, 0.29) is 11.8 Å². The molecule has 0 aliphatic carbocycles. The van der Waals surface area contributed by atoms with Crippen LogP contribution in [0.2, 0.25) is 0 Å². The lowest BCUT2D eigenvalue weighted by atomic mass is 10.0. The van der Waals surface area contributed by atoms with Crippen LogP contribution in [-0.2, 0) is 4.79 Å². The van der Waals surface area contributed by atoms with E-state index in [9.17, 15) is 13.6 Å². The minimum Gasteiger partial charge on any atom is -0.353 e. The summed E-state index contributed by atoms with van der Waals surface area (Å²) in [4.78, 5) is 26.0. The number of anilines is 1. The molecule has 1 aromatic carbocycles. The summed E-state index contributed by atoms with van der Waals surface area (Å²) in [5.41, 5.74) is 0.747. The third-order valence-electron chi connectivity index (χ3n) is 5.43. The van der Waals surface area contributed by atoms with Crippen LogP contribution in [0.25, 0.3) is 11.0 Å². The van der Waals surface area contributed by atoms with Crippen molar-refractivity contribution in [3.63, 3.8) is 0 Å². The predicted octanol–water partition coefficient (Wildman–Crippen LogP) is 4.02. The van der Waals surface area contributed by atoms with Gasteiger partial charge in [-0.1, -0.05) is 13.8 Å². The summed E-state index contributed by atoms with van der Waals surface area (Å²) in [5.74, 6) is -1.11. The number of halogens is 3. The number of pyridine rings is 1. The molecule has 0 saturated carbocycles. The van der Waals surface area contributed by atoms with Crippen molar-refractivity contribution in [2.45, 2.75) is 19.9 Å². The molecule has 9 heteroatoms. The fourth-order valence-electron chi connectivity index (χ4n) is 3.87. The van der Waals surface area contributed by atoms with Gasteiger partial charge in [0.15, 0.2) is 11.6 Å². The van der Waals surface area contributed by atoms with Gasteiger partial charge in [0.1, 0.15) is 11.9 Å². The highest BCUT2D eigenvalue weighted by atomic mass is 79.9. The van der Waals surface area contributed by atoms with Gasteiger partial charge in [0.25, 0.3) is 0 Å². The summed E-state index contributed by atoms with van der Waals surface area (Å²) >= 11 is 3.39. The summed E-state index contributed by atoms with van der Waals surface area (Å²) in [7, 11) is 0. The zero-order valence-corrected chi connectivity index (χ0v) is 18.3. The number of aromatic nitrogens is 3. The third kappa shape index (κ3) is 3.90. The lowest BCUT2D eigenvalue weighted by Crippen LogP contribution is -2.51. The maximum absolute atomic E-state index is 13.8. The Labute approximate surface area is 181 Å². The molecule has 1 atom stereocenters. The summed E-state index contributed by atoms with van der Waals surface area (Å²) in [6.45, 7) is 6.36. The largest absolute Gasteiger partial charge is 0.353 e. The molecule has 3 heterocycles. The molecule has 158 valence electrons. The minimum absolute atomic E-state index is 0.0440.